The average molecular weight is 1420 g/mol. The van der Waals surface area contributed by atoms with Crippen LogP contribution in [0.1, 0.15) is 408 Å². The van der Waals surface area contributed by atoms with Crippen molar-refractivity contribution >= 4 is 39.5 Å². The van der Waals surface area contributed by atoms with Crippen LogP contribution in [0.4, 0.5) is 0 Å². The van der Waals surface area contributed by atoms with Crippen LogP contribution in [-0.2, 0) is 65.4 Å². The molecule has 576 valence electrons. The molecule has 0 aromatic carbocycles. The van der Waals surface area contributed by atoms with Crippen LogP contribution in [0.3, 0.4) is 0 Å². The van der Waals surface area contributed by atoms with Gasteiger partial charge in [0.2, 0.25) is 0 Å². The molecule has 19 heteroatoms. The van der Waals surface area contributed by atoms with Crippen molar-refractivity contribution in [3.8, 4) is 0 Å². The fourth-order valence-corrected chi connectivity index (χ4v) is 13.6. The number of hydrogen-bond acceptors (Lipinski definition) is 15. The van der Waals surface area contributed by atoms with Crippen molar-refractivity contribution in [2.45, 2.75) is 426 Å². The van der Waals surface area contributed by atoms with Crippen LogP contribution in [0.2, 0.25) is 0 Å². The predicted octanol–water partition coefficient (Wildman–Crippen LogP) is 23.1. The minimum Gasteiger partial charge on any atom is -0.462 e. The minimum atomic E-state index is -4.96. The third kappa shape index (κ3) is 70.9. The summed E-state index contributed by atoms with van der Waals surface area (Å²) in [7, 11) is -9.90. The molecule has 0 aromatic heterocycles. The molecule has 0 amide bonds. The van der Waals surface area contributed by atoms with Crippen molar-refractivity contribution in [1.29, 1.82) is 0 Å². The maximum atomic E-state index is 13.1. The van der Waals surface area contributed by atoms with Gasteiger partial charge < -0.3 is 33.8 Å². The van der Waals surface area contributed by atoms with E-state index in [4.69, 9.17) is 37.0 Å². The maximum Gasteiger partial charge on any atom is 0.472 e. The molecule has 0 aliphatic heterocycles. The number of carbonyl (C=O) groups excluding carboxylic acids is 4. The summed E-state index contributed by atoms with van der Waals surface area (Å²) < 4.78 is 68.3. The van der Waals surface area contributed by atoms with Crippen molar-refractivity contribution in [1.82, 2.24) is 0 Å². The highest BCUT2D eigenvalue weighted by Crippen LogP contribution is 2.45. The van der Waals surface area contributed by atoms with E-state index in [1.807, 2.05) is 0 Å². The highest BCUT2D eigenvalue weighted by Gasteiger charge is 2.30. The number of aliphatic hydroxyl groups is 1. The van der Waals surface area contributed by atoms with E-state index in [1.54, 1.807) is 0 Å². The number of rotatable bonds is 77. The second-order valence-electron chi connectivity index (χ2n) is 28.8. The Morgan fingerprint density at radius 3 is 0.784 bits per heavy atom. The van der Waals surface area contributed by atoms with Crippen LogP contribution < -0.4 is 0 Å². The summed E-state index contributed by atoms with van der Waals surface area (Å²) in [6, 6.07) is 0. The molecule has 17 nitrogen and oxygen atoms in total. The zero-order chi connectivity index (χ0) is 71.4. The van der Waals surface area contributed by atoms with E-state index in [2.05, 4.69) is 41.5 Å². The van der Waals surface area contributed by atoms with Gasteiger partial charge in [0.05, 0.1) is 26.4 Å². The standard InChI is InChI=1S/C78H152O17P2/c1-7-10-12-14-15-16-17-26-34-39-44-50-56-62-77(82)94-73(66-88-75(80)60-54-46-13-11-8-2)68-92-96(84,85)90-64-72(79)65-91-97(86,87)93-69-74(67-89-76(81)61-55-49-43-38-33-29-25-24-27-31-36-41-47-52-58-70(4)5)95-78(83)63-57-51-45-40-35-30-23-21-19-18-20-22-28-32-37-42-48-53-59-71(6)9-3/h70-74,79H,7-69H2,1-6H3,(H,84,85)(H,86,87)/t71?,72-,73+,74+/m0/s1. The molecule has 0 saturated heterocycles. The minimum absolute atomic E-state index is 0.107. The maximum absolute atomic E-state index is 13.1. The molecule has 97 heavy (non-hydrogen) atoms. The summed E-state index contributed by atoms with van der Waals surface area (Å²) in [6.07, 6.45) is 58.7. The summed E-state index contributed by atoms with van der Waals surface area (Å²) in [6.45, 7) is 9.61. The first-order valence-electron chi connectivity index (χ1n) is 40.5. The van der Waals surface area contributed by atoms with E-state index in [1.165, 1.54) is 218 Å². The van der Waals surface area contributed by atoms with E-state index < -0.39 is 97.5 Å². The average Bonchev–Trinajstić information content (AvgIpc) is 1.46. The van der Waals surface area contributed by atoms with Crippen molar-refractivity contribution in [2.75, 3.05) is 39.6 Å². The Kier molecular flexibility index (Phi) is 68.4. The van der Waals surface area contributed by atoms with E-state index in [9.17, 15) is 43.2 Å². The molecule has 0 spiro atoms. The van der Waals surface area contributed by atoms with Gasteiger partial charge in [-0.3, -0.25) is 37.3 Å². The van der Waals surface area contributed by atoms with Crippen molar-refractivity contribution in [3.63, 3.8) is 0 Å². The molecule has 3 unspecified atom stereocenters. The Bertz CT molecular complexity index is 1870. The smallest absolute Gasteiger partial charge is 0.462 e. The molecular formula is C78H152O17P2. The Labute approximate surface area is 594 Å². The lowest BCUT2D eigenvalue weighted by atomic mass is 9.99. The van der Waals surface area contributed by atoms with Crippen LogP contribution in [0.25, 0.3) is 0 Å². The second-order valence-corrected chi connectivity index (χ2v) is 31.7. The Morgan fingerprint density at radius 2 is 0.526 bits per heavy atom. The second kappa shape index (κ2) is 69.8. The van der Waals surface area contributed by atoms with Gasteiger partial charge in [-0.15, -0.1) is 0 Å². The largest absolute Gasteiger partial charge is 0.472 e. The van der Waals surface area contributed by atoms with E-state index in [-0.39, 0.29) is 25.7 Å². The number of esters is 4. The number of ether oxygens (including phenoxy) is 4. The summed E-state index contributed by atoms with van der Waals surface area (Å²) in [5.41, 5.74) is 0. The topological polar surface area (TPSA) is 237 Å². The molecule has 0 fully saturated rings. The Hall–Kier alpha value is -1.94. The lowest BCUT2D eigenvalue weighted by molar-refractivity contribution is -0.161. The van der Waals surface area contributed by atoms with Crippen LogP contribution in [-0.4, -0.2) is 96.7 Å². The highest BCUT2D eigenvalue weighted by atomic mass is 31.2. The van der Waals surface area contributed by atoms with Crippen LogP contribution >= 0.6 is 15.6 Å². The molecule has 0 aliphatic rings. The predicted molar refractivity (Wildman–Crippen MR) is 395 cm³/mol. The fraction of sp³-hybridized carbons (Fsp3) is 0.949. The van der Waals surface area contributed by atoms with Crippen molar-refractivity contribution in [2.24, 2.45) is 11.8 Å². The molecule has 0 rings (SSSR count). The third-order valence-electron chi connectivity index (χ3n) is 18.6. The Morgan fingerprint density at radius 1 is 0.299 bits per heavy atom. The number of aliphatic hydroxyl groups excluding tert-OH is 1. The number of hydrogen-bond donors (Lipinski definition) is 3. The first-order valence-corrected chi connectivity index (χ1v) is 43.5. The van der Waals surface area contributed by atoms with Gasteiger partial charge in [-0.1, -0.05) is 356 Å². The molecular weight excluding hydrogens is 1270 g/mol. The molecule has 3 N–H and O–H groups in total. The number of unbranched alkanes of at least 4 members (excludes halogenated alkanes) is 46. The van der Waals surface area contributed by atoms with E-state index in [0.29, 0.717) is 25.7 Å². The Balaban J connectivity index is 5.12. The lowest BCUT2D eigenvalue weighted by Gasteiger charge is -2.21. The van der Waals surface area contributed by atoms with Gasteiger partial charge in [-0.05, 0) is 37.5 Å². The van der Waals surface area contributed by atoms with Crippen molar-refractivity contribution < 1.29 is 80.2 Å². The molecule has 0 bridgehead atoms. The first-order chi connectivity index (χ1) is 46.9. The van der Waals surface area contributed by atoms with Crippen LogP contribution in [0, 0.1) is 11.8 Å². The summed E-state index contributed by atoms with van der Waals surface area (Å²) >= 11 is 0. The third-order valence-corrected chi connectivity index (χ3v) is 20.5. The molecule has 0 heterocycles. The van der Waals surface area contributed by atoms with Gasteiger partial charge in [0.15, 0.2) is 12.2 Å². The lowest BCUT2D eigenvalue weighted by Crippen LogP contribution is -2.30. The normalized spacial score (nSPS) is 14.2. The molecule has 0 aromatic rings. The number of carbonyl (C=O) groups is 4. The van der Waals surface area contributed by atoms with Gasteiger partial charge in [0.25, 0.3) is 0 Å². The van der Waals surface area contributed by atoms with E-state index in [0.717, 1.165) is 108 Å². The van der Waals surface area contributed by atoms with Crippen molar-refractivity contribution in [3.05, 3.63) is 0 Å². The molecule has 0 aliphatic carbocycles. The fourth-order valence-electron chi connectivity index (χ4n) is 12.0. The first kappa shape index (κ1) is 95.1. The number of phosphoric acid groups is 2. The van der Waals surface area contributed by atoms with Gasteiger partial charge in [-0.2, -0.15) is 0 Å². The summed E-state index contributed by atoms with van der Waals surface area (Å²) in [5.74, 6) is -0.454. The number of phosphoric ester groups is 2. The van der Waals surface area contributed by atoms with Crippen LogP contribution in [0.5, 0.6) is 0 Å². The monoisotopic (exact) mass is 1420 g/mol. The molecule has 6 atom stereocenters. The van der Waals surface area contributed by atoms with E-state index >= 15 is 0 Å². The van der Waals surface area contributed by atoms with Gasteiger partial charge >= 0.3 is 39.5 Å². The summed E-state index contributed by atoms with van der Waals surface area (Å²) in [4.78, 5) is 72.6. The molecule has 0 radical (unpaired) electrons. The SMILES string of the molecule is CCCCCCCCCCCCCCCC(=O)O[C@H](COC(=O)CCCCCCC)COP(=O)(O)OC[C@H](O)COP(=O)(O)OC[C@@H](COC(=O)CCCCCCCCCCCCCCCCC(C)C)OC(=O)CCCCCCCCCCCCCCCCCCCCC(C)CC. The van der Waals surface area contributed by atoms with Gasteiger partial charge in [-0.25, -0.2) is 9.13 Å². The van der Waals surface area contributed by atoms with Crippen LogP contribution in [0.15, 0.2) is 0 Å². The van der Waals surface area contributed by atoms with Gasteiger partial charge in [0.1, 0.15) is 19.3 Å². The van der Waals surface area contributed by atoms with Gasteiger partial charge in [0, 0.05) is 25.7 Å². The zero-order valence-electron chi connectivity index (χ0n) is 63.4. The molecule has 0 saturated carbocycles. The zero-order valence-corrected chi connectivity index (χ0v) is 65.2. The quantitative estimate of drug-likeness (QED) is 0.0222. The highest BCUT2D eigenvalue weighted by molar-refractivity contribution is 7.47. The summed E-state index contributed by atoms with van der Waals surface area (Å²) in [5, 5.41) is 10.6.